The standard InChI is InChI=1S/C10H12N2O2/c1-7-2-3-8(6-7)12-5-4-9(13)11-10(12)14/h2-5,7-8H,6H2,1H3,(H,11,13,14)/t7-,8+/m1/s1. The van der Waals surface area contributed by atoms with E-state index in [2.05, 4.69) is 18.0 Å². The summed E-state index contributed by atoms with van der Waals surface area (Å²) in [7, 11) is 0. The smallest absolute Gasteiger partial charge is 0.294 e. The van der Waals surface area contributed by atoms with Crippen molar-refractivity contribution in [1.29, 1.82) is 0 Å². The molecule has 4 nitrogen and oxygen atoms in total. The Bertz CT molecular complexity index is 470. The molecule has 0 spiro atoms. The molecule has 0 amide bonds. The van der Waals surface area contributed by atoms with Gasteiger partial charge in [0.2, 0.25) is 0 Å². The highest BCUT2D eigenvalue weighted by atomic mass is 16.2. The average molecular weight is 192 g/mol. The molecule has 1 aliphatic carbocycles. The molecule has 4 heteroatoms. The van der Waals surface area contributed by atoms with Crippen LogP contribution in [0.4, 0.5) is 0 Å². The van der Waals surface area contributed by atoms with E-state index in [1.54, 1.807) is 10.8 Å². The van der Waals surface area contributed by atoms with Gasteiger partial charge in [0.05, 0.1) is 6.04 Å². The van der Waals surface area contributed by atoms with Crippen molar-refractivity contribution in [2.24, 2.45) is 5.92 Å². The molecular formula is C10H12N2O2. The van der Waals surface area contributed by atoms with Crippen molar-refractivity contribution in [2.45, 2.75) is 19.4 Å². The van der Waals surface area contributed by atoms with Crippen LogP contribution < -0.4 is 11.2 Å². The summed E-state index contributed by atoms with van der Waals surface area (Å²) in [6, 6.07) is 1.47. The first-order valence-electron chi connectivity index (χ1n) is 4.66. The highest BCUT2D eigenvalue weighted by Crippen LogP contribution is 2.25. The third-order valence-electron chi connectivity index (χ3n) is 2.48. The fourth-order valence-corrected chi connectivity index (χ4v) is 1.75. The van der Waals surface area contributed by atoms with Gasteiger partial charge in [0.1, 0.15) is 0 Å². The van der Waals surface area contributed by atoms with Gasteiger partial charge in [-0.2, -0.15) is 0 Å². The zero-order chi connectivity index (χ0) is 10.1. The average Bonchev–Trinajstić information content (AvgIpc) is 2.51. The molecule has 14 heavy (non-hydrogen) atoms. The lowest BCUT2D eigenvalue weighted by Gasteiger charge is -2.11. The van der Waals surface area contributed by atoms with Crippen LogP contribution in [0.15, 0.2) is 34.0 Å². The Balaban J connectivity index is 2.39. The van der Waals surface area contributed by atoms with Gasteiger partial charge >= 0.3 is 5.69 Å². The first-order valence-corrected chi connectivity index (χ1v) is 4.66. The van der Waals surface area contributed by atoms with Crippen molar-refractivity contribution in [1.82, 2.24) is 9.55 Å². The lowest BCUT2D eigenvalue weighted by molar-refractivity contribution is 0.506. The summed E-state index contributed by atoms with van der Waals surface area (Å²) in [5.74, 6) is 0.499. The molecular weight excluding hydrogens is 180 g/mol. The molecule has 1 aromatic rings. The number of nitrogens with zero attached hydrogens (tertiary/aromatic N) is 1. The lowest BCUT2D eigenvalue weighted by atomic mass is 10.1. The zero-order valence-corrected chi connectivity index (χ0v) is 7.93. The van der Waals surface area contributed by atoms with Gasteiger partial charge in [0.15, 0.2) is 0 Å². The second kappa shape index (κ2) is 3.29. The van der Waals surface area contributed by atoms with E-state index >= 15 is 0 Å². The van der Waals surface area contributed by atoms with E-state index in [0.29, 0.717) is 5.92 Å². The van der Waals surface area contributed by atoms with Crippen LogP contribution in [-0.4, -0.2) is 9.55 Å². The second-order valence-corrected chi connectivity index (χ2v) is 3.68. The van der Waals surface area contributed by atoms with Crippen LogP contribution in [0, 0.1) is 5.92 Å². The Kier molecular flexibility index (Phi) is 2.11. The van der Waals surface area contributed by atoms with Gasteiger partial charge in [-0.3, -0.25) is 14.3 Å². The number of allylic oxidation sites excluding steroid dienone is 2. The van der Waals surface area contributed by atoms with E-state index in [-0.39, 0.29) is 17.3 Å². The highest BCUT2D eigenvalue weighted by molar-refractivity contribution is 5.04. The third-order valence-corrected chi connectivity index (χ3v) is 2.48. The van der Waals surface area contributed by atoms with Gasteiger partial charge in [0.25, 0.3) is 5.56 Å². The number of rotatable bonds is 1. The normalized spacial score (nSPS) is 25.5. The molecule has 0 fully saturated rings. The first-order chi connectivity index (χ1) is 6.66. The van der Waals surface area contributed by atoms with Crippen molar-refractivity contribution < 1.29 is 0 Å². The van der Waals surface area contributed by atoms with Gasteiger partial charge in [-0.25, -0.2) is 4.79 Å². The molecule has 0 bridgehead atoms. The number of hydrogen-bond donors (Lipinski definition) is 1. The van der Waals surface area contributed by atoms with Crippen molar-refractivity contribution in [3.05, 3.63) is 45.3 Å². The number of H-pyrrole nitrogens is 1. The minimum absolute atomic E-state index is 0.0920. The highest BCUT2D eigenvalue weighted by Gasteiger charge is 2.17. The van der Waals surface area contributed by atoms with Crippen molar-refractivity contribution in [3.8, 4) is 0 Å². The molecule has 74 valence electrons. The number of aromatic nitrogens is 2. The predicted octanol–water partition coefficient (Wildman–Crippen LogP) is 0.674. The molecule has 1 N–H and O–H groups in total. The molecule has 1 aliphatic rings. The van der Waals surface area contributed by atoms with Gasteiger partial charge in [0, 0.05) is 12.3 Å². The predicted molar refractivity (Wildman–Crippen MR) is 53.3 cm³/mol. The van der Waals surface area contributed by atoms with Gasteiger partial charge < -0.3 is 0 Å². The summed E-state index contributed by atoms with van der Waals surface area (Å²) in [4.78, 5) is 24.5. The monoisotopic (exact) mass is 192 g/mol. The summed E-state index contributed by atoms with van der Waals surface area (Å²) in [6.45, 7) is 2.10. The largest absolute Gasteiger partial charge is 0.328 e. The maximum Gasteiger partial charge on any atom is 0.328 e. The number of nitrogens with one attached hydrogen (secondary N) is 1. The summed E-state index contributed by atoms with van der Waals surface area (Å²) in [5.41, 5.74) is -0.678. The Labute approximate surface area is 80.9 Å². The topological polar surface area (TPSA) is 54.9 Å². The lowest BCUT2D eigenvalue weighted by Crippen LogP contribution is -2.30. The molecule has 1 aromatic heterocycles. The van der Waals surface area contributed by atoms with Crippen molar-refractivity contribution >= 4 is 0 Å². The van der Waals surface area contributed by atoms with Crippen LogP contribution in [0.3, 0.4) is 0 Å². The van der Waals surface area contributed by atoms with Crippen LogP contribution >= 0.6 is 0 Å². The molecule has 0 aliphatic heterocycles. The van der Waals surface area contributed by atoms with Crippen molar-refractivity contribution in [2.75, 3.05) is 0 Å². The molecule has 0 aromatic carbocycles. The van der Waals surface area contributed by atoms with Gasteiger partial charge in [-0.1, -0.05) is 19.1 Å². The Morgan fingerprint density at radius 3 is 2.79 bits per heavy atom. The van der Waals surface area contributed by atoms with Crippen LogP contribution in [0.5, 0.6) is 0 Å². The fraction of sp³-hybridized carbons (Fsp3) is 0.400. The summed E-state index contributed by atoms with van der Waals surface area (Å²) < 4.78 is 1.56. The molecule has 0 saturated carbocycles. The fourth-order valence-electron chi connectivity index (χ4n) is 1.75. The van der Waals surface area contributed by atoms with Crippen LogP contribution in [0.1, 0.15) is 19.4 Å². The van der Waals surface area contributed by atoms with E-state index < -0.39 is 0 Å². The van der Waals surface area contributed by atoms with Gasteiger partial charge in [-0.15, -0.1) is 0 Å². The van der Waals surface area contributed by atoms with Crippen LogP contribution in [0.2, 0.25) is 0 Å². The Morgan fingerprint density at radius 1 is 1.43 bits per heavy atom. The van der Waals surface area contributed by atoms with E-state index in [0.717, 1.165) is 6.42 Å². The molecule has 0 unspecified atom stereocenters. The zero-order valence-electron chi connectivity index (χ0n) is 7.93. The third kappa shape index (κ3) is 1.55. The second-order valence-electron chi connectivity index (χ2n) is 3.68. The molecule has 2 atom stereocenters. The SMILES string of the molecule is C[C@@H]1C=C[C@H](n2ccc(=O)[nH]c2=O)C1. The number of hydrogen-bond acceptors (Lipinski definition) is 2. The van der Waals surface area contributed by atoms with E-state index in [4.69, 9.17) is 0 Å². The van der Waals surface area contributed by atoms with E-state index in [1.165, 1.54) is 6.07 Å². The molecule has 1 heterocycles. The minimum Gasteiger partial charge on any atom is -0.294 e. The number of aromatic amines is 1. The quantitative estimate of drug-likeness (QED) is 0.665. The molecule has 0 radical (unpaired) electrons. The maximum absolute atomic E-state index is 11.4. The molecule has 2 rings (SSSR count). The summed E-state index contributed by atoms with van der Waals surface area (Å²) in [6.07, 6.45) is 6.56. The Hall–Kier alpha value is -1.58. The minimum atomic E-state index is -0.346. The molecule has 0 saturated heterocycles. The van der Waals surface area contributed by atoms with Crippen LogP contribution in [0.25, 0.3) is 0 Å². The van der Waals surface area contributed by atoms with Gasteiger partial charge in [-0.05, 0) is 12.3 Å². The maximum atomic E-state index is 11.4. The summed E-state index contributed by atoms with van der Waals surface area (Å²) >= 11 is 0. The van der Waals surface area contributed by atoms with E-state index in [1.807, 2.05) is 6.08 Å². The van der Waals surface area contributed by atoms with Crippen molar-refractivity contribution in [3.63, 3.8) is 0 Å². The van der Waals surface area contributed by atoms with Crippen LogP contribution in [-0.2, 0) is 0 Å². The summed E-state index contributed by atoms with van der Waals surface area (Å²) in [5, 5.41) is 0. The first kappa shape index (κ1) is 8.99. The Morgan fingerprint density at radius 2 is 2.21 bits per heavy atom. The van der Waals surface area contributed by atoms with E-state index in [9.17, 15) is 9.59 Å².